The van der Waals surface area contributed by atoms with E-state index >= 15 is 0 Å². The molecule has 16 heavy (non-hydrogen) atoms. The van der Waals surface area contributed by atoms with Gasteiger partial charge in [-0.15, -0.1) is 0 Å². The summed E-state index contributed by atoms with van der Waals surface area (Å²) in [5.74, 6) is 0.0669. The Labute approximate surface area is 96.7 Å². The Morgan fingerprint density at radius 3 is 2.81 bits per heavy atom. The summed E-state index contributed by atoms with van der Waals surface area (Å²) < 4.78 is 10.9. The van der Waals surface area contributed by atoms with Crippen LogP contribution in [0, 0.1) is 5.92 Å². The highest BCUT2D eigenvalue weighted by Crippen LogP contribution is 2.36. The molecule has 0 radical (unpaired) electrons. The molecule has 1 aliphatic heterocycles. The molecule has 0 aromatic carbocycles. The topological polar surface area (TPSA) is 47.6 Å². The molecule has 0 aromatic heterocycles. The van der Waals surface area contributed by atoms with E-state index in [0.29, 0.717) is 6.61 Å². The van der Waals surface area contributed by atoms with Crippen molar-refractivity contribution in [2.45, 2.75) is 38.2 Å². The van der Waals surface area contributed by atoms with Gasteiger partial charge >= 0.3 is 5.97 Å². The van der Waals surface area contributed by atoms with E-state index < -0.39 is 0 Å². The smallest absolute Gasteiger partial charge is 0.308 e. The van der Waals surface area contributed by atoms with E-state index in [0.717, 1.165) is 45.4 Å². The van der Waals surface area contributed by atoms with E-state index in [2.05, 4.69) is 5.32 Å². The number of carbonyl (C=O) groups is 1. The minimum absolute atomic E-state index is 0.00123. The number of esters is 1. The SMILES string of the molecule is CCOC(=O)C1CCC2(CC1)CNCCO2. The molecule has 2 aliphatic rings. The van der Waals surface area contributed by atoms with Crippen molar-refractivity contribution < 1.29 is 14.3 Å². The minimum atomic E-state index is -0.0267. The lowest BCUT2D eigenvalue weighted by molar-refractivity contribution is -0.153. The molecular weight excluding hydrogens is 206 g/mol. The van der Waals surface area contributed by atoms with Crippen LogP contribution in [-0.2, 0) is 14.3 Å². The van der Waals surface area contributed by atoms with Crippen LogP contribution in [0.25, 0.3) is 0 Å². The maximum absolute atomic E-state index is 11.6. The average molecular weight is 227 g/mol. The summed E-state index contributed by atoms with van der Waals surface area (Å²) in [6, 6.07) is 0. The van der Waals surface area contributed by atoms with Gasteiger partial charge in [-0.2, -0.15) is 0 Å². The predicted octanol–water partition coefficient (Wildman–Crippen LogP) is 1.10. The van der Waals surface area contributed by atoms with Crippen molar-refractivity contribution in [3.05, 3.63) is 0 Å². The van der Waals surface area contributed by atoms with Crippen LogP contribution in [0.4, 0.5) is 0 Å². The van der Waals surface area contributed by atoms with Crippen molar-refractivity contribution in [3.63, 3.8) is 0 Å². The third kappa shape index (κ3) is 2.55. The molecule has 4 nitrogen and oxygen atoms in total. The molecule has 1 heterocycles. The zero-order valence-electron chi connectivity index (χ0n) is 9.96. The van der Waals surface area contributed by atoms with E-state index in [-0.39, 0.29) is 17.5 Å². The molecule has 1 saturated carbocycles. The molecule has 4 heteroatoms. The Balaban J connectivity index is 1.83. The number of nitrogens with one attached hydrogen (secondary N) is 1. The van der Waals surface area contributed by atoms with Crippen molar-refractivity contribution in [3.8, 4) is 0 Å². The van der Waals surface area contributed by atoms with Gasteiger partial charge in [0.2, 0.25) is 0 Å². The monoisotopic (exact) mass is 227 g/mol. The predicted molar refractivity (Wildman–Crippen MR) is 60.1 cm³/mol. The highest BCUT2D eigenvalue weighted by molar-refractivity contribution is 5.72. The van der Waals surface area contributed by atoms with Crippen molar-refractivity contribution in [1.82, 2.24) is 5.32 Å². The molecule has 0 bridgehead atoms. The van der Waals surface area contributed by atoms with Crippen LogP contribution >= 0.6 is 0 Å². The lowest BCUT2D eigenvalue weighted by atomic mass is 9.78. The molecule has 1 aliphatic carbocycles. The summed E-state index contributed by atoms with van der Waals surface area (Å²) in [7, 11) is 0. The van der Waals surface area contributed by atoms with Gasteiger partial charge in [0.25, 0.3) is 0 Å². The minimum Gasteiger partial charge on any atom is -0.466 e. The van der Waals surface area contributed by atoms with Gasteiger partial charge in [0.05, 0.1) is 24.7 Å². The van der Waals surface area contributed by atoms with Crippen molar-refractivity contribution in [2.24, 2.45) is 5.92 Å². The fourth-order valence-electron chi connectivity index (χ4n) is 2.67. The molecular formula is C12H21NO3. The van der Waals surface area contributed by atoms with Gasteiger partial charge < -0.3 is 14.8 Å². The highest BCUT2D eigenvalue weighted by atomic mass is 16.5. The van der Waals surface area contributed by atoms with E-state index in [9.17, 15) is 4.79 Å². The summed E-state index contributed by atoms with van der Waals surface area (Å²) >= 11 is 0. The van der Waals surface area contributed by atoms with E-state index in [4.69, 9.17) is 9.47 Å². The molecule has 2 fully saturated rings. The van der Waals surface area contributed by atoms with Crippen molar-refractivity contribution >= 4 is 5.97 Å². The van der Waals surface area contributed by atoms with Crippen LogP contribution < -0.4 is 5.32 Å². The average Bonchev–Trinajstić information content (AvgIpc) is 2.31. The fraction of sp³-hybridized carbons (Fsp3) is 0.917. The van der Waals surface area contributed by atoms with Gasteiger partial charge in [-0.05, 0) is 32.6 Å². The summed E-state index contributed by atoms with van der Waals surface area (Å²) in [5.41, 5.74) is 0.00123. The number of hydrogen-bond acceptors (Lipinski definition) is 4. The maximum Gasteiger partial charge on any atom is 0.308 e. The van der Waals surface area contributed by atoms with Gasteiger partial charge in [-0.1, -0.05) is 0 Å². The third-order valence-corrected chi connectivity index (χ3v) is 3.65. The van der Waals surface area contributed by atoms with Gasteiger partial charge in [0, 0.05) is 13.1 Å². The molecule has 2 rings (SSSR count). The van der Waals surface area contributed by atoms with Gasteiger partial charge in [-0.3, -0.25) is 4.79 Å². The van der Waals surface area contributed by atoms with Gasteiger partial charge in [-0.25, -0.2) is 0 Å². The molecule has 0 atom stereocenters. The van der Waals surface area contributed by atoms with Crippen LogP contribution in [-0.4, -0.2) is 37.9 Å². The van der Waals surface area contributed by atoms with Crippen molar-refractivity contribution in [1.29, 1.82) is 0 Å². The molecule has 1 saturated heterocycles. The summed E-state index contributed by atoms with van der Waals surface area (Å²) in [6.45, 7) is 5.02. The zero-order valence-corrected chi connectivity index (χ0v) is 9.96. The first-order valence-electron chi connectivity index (χ1n) is 6.27. The Bertz CT molecular complexity index is 239. The van der Waals surface area contributed by atoms with Crippen LogP contribution in [0.15, 0.2) is 0 Å². The summed E-state index contributed by atoms with van der Waals surface area (Å²) in [6.07, 6.45) is 3.76. The fourth-order valence-corrected chi connectivity index (χ4v) is 2.67. The normalized spacial score (nSPS) is 34.9. The van der Waals surface area contributed by atoms with Crippen LogP contribution in [0.5, 0.6) is 0 Å². The quantitative estimate of drug-likeness (QED) is 0.718. The molecule has 0 amide bonds. The number of rotatable bonds is 2. The molecule has 0 aromatic rings. The molecule has 0 unspecified atom stereocenters. The Hall–Kier alpha value is -0.610. The largest absolute Gasteiger partial charge is 0.466 e. The Kier molecular flexibility index (Phi) is 3.82. The Morgan fingerprint density at radius 2 is 2.25 bits per heavy atom. The standard InChI is InChI=1S/C12H21NO3/c1-2-15-11(14)10-3-5-12(6-4-10)9-13-7-8-16-12/h10,13H,2-9H2,1H3. The van der Waals surface area contributed by atoms with Gasteiger partial charge in [0.1, 0.15) is 0 Å². The van der Waals surface area contributed by atoms with Crippen molar-refractivity contribution in [2.75, 3.05) is 26.3 Å². The first kappa shape index (κ1) is 11.9. The highest BCUT2D eigenvalue weighted by Gasteiger charge is 2.39. The lowest BCUT2D eigenvalue weighted by Gasteiger charge is -2.42. The molecule has 1 N–H and O–H groups in total. The van der Waals surface area contributed by atoms with Gasteiger partial charge in [0.15, 0.2) is 0 Å². The second-order valence-corrected chi connectivity index (χ2v) is 4.73. The number of morpholine rings is 1. The molecule has 1 spiro atoms. The number of hydrogen-bond donors (Lipinski definition) is 1. The lowest BCUT2D eigenvalue weighted by Crippen LogP contribution is -2.52. The van der Waals surface area contributed by atoms with E-state index in [1.807, 2.05) is 6.92 Å². The van der Waals surface area contributed by atoms with Crippen LogP contribution in [0.1, 0.15) is 32.6 Å². The summed E-state index contributed by atoms with van der Waals surface area (Å²) in [5, 5.41) is 3.37. The first-order chi connectivity index (χ1) is 7.76. The molecule has 92 valence electrons. The van der Waals surface area contributed by atoms with E-state index in [1.54, 1.807) is 0 Å². The Morgan fingerprint density at radius 1 is 1.50 bits per heavy atom. The van der Waals surface area contributed by atoms with Crippen LogP contribution in [0.3, 0.4) is 0 Å². The number of carbonyl (C=O) groups excluding carboxylic acids is 1. The first-order valence-corrected chi connectivity index (χ1v) is 6.27. The number of ether oxygens (including phenoxy) is 2. The van der Waals surface area contributed by atoms with Crippen LogP contribution in [0.2, 0.25) is 0 Å². The zero-order chi connectivity index (χ0) is 11.4. The summed E-state index contributed by atoms with van der Waals surface area (Å²) in [4.78, 5) is 11.6. The maximum atomic E-state index is 11.6. The second-order valence-electron chi connectivity index (χ2n) is 4.73. The van der Waals surface area contributed by atoms with E-state index in [1.165, 1.54) is 0 Å². The third-order valence-electron chi connectivity index (χ3n) is 3.65. The second kappa shape index (κ2) is 5.15.